The van der Waals surface area contributed by atoms with Gasteiger partial charge in [-0.15, -0.1) is 23.1 Å². The highest BCUT2D eigenvalue weighted by Gasteiger charge is 2.09. The molecule has 0 saturated carbocycles. The highest BCUT2D eigenvalue weighted by Crippen LogP contribution is 2.36. The molecule has 0 unspecified atom stereocenters. The molecule has 0 spiro atoms. The van der Waals surface area contributed by atoms with E-state index in [9.17, 15) is 5.11 Å². The van der Waals surface area contributed by atoms with Gasteiger partial charge >= 0.3 is 0 Å². The van der Waals surface area contributed by atoms with Crippen LogP contribution in [0.5, 0.6) is 0 Å². The zero-order chi connectivity index (χ0) is 10.1. The fourth-order valence-corrected chi connectivity index (χ4v) is 4.39. The van der Waals surface area contributed by atoms with E-state index in [1.165, 1.54) is 18.6 Å². The van der Waals surface area contributed by atoms with Crippen molar-refractivity contribution >= 4 is 55.8 Å². The lowest BCUT2D eigenvalue weighted by Gasteiger charge is -2.03. The number of halogens is 1. The lowest BCUT2D eigenvalue weighted by molar-refractivity contribution is 0.283. The number of fused-ring (bicyclic) bond motifs is 1. The summed E-state index contributed by atoms with van der Waals surface area (Å²) in [5.41, 5.74) is 1.03. The maximum Gasteiger partial charge on any atom is 0.0695 e. The molecule has 1 aromatic heterocycles. The molecule has 4 heteroatoms. The molecule has 0 saturated heterocycles. The molecular formula is C10H9IOS2. The van der Waals surface area contributed by atoms with Crippen molar-refractivity contribution in [1.29, 1.82) is 0 Å². The second-order valence-electron chi connectivity index (χ2n) is 2.87. The predicted molar refractivity (Wildman–Crippen MR) is 72.2 cm³/mol. The third kappa shape index (κ3) is 1.68. The van der Waals surface area contributed by atoms with Crippen LogP contribution in [-0.2, 0) is 6.61 Å². The zero-order valence-electron chi connectivity index (χ0n) is 7.58. The Labute approximate surface area is 105 Å². The summed E-state index contributed by atoms with van der Waals surface area (Å²) in [6, 6.07) is 4.11. The molecule has 74 valence electrons. The zero-order valence-corrected chi connectivity index (χ0v) is 11.4. The van der Waals surface area contributed by atoms with Gasteiger partial charge in [0.2, 0.25) is 0 Å². The van der Waals surface area contributed by atoms with Crippen molar-refractivity contribution in [2.45, 2.75) is 11.5 Å². The number of aliphatic hydroxyl groups excluding tert-OH is 1. The summed E-state index contributed by atoms with van der Waals surface area (Å²) in [7, 11) is 0. The van der Waals surface area contributed by atoms with Crippen LogP contribution in [0.4, 0.5) is 0 Å². The van der Waals surface area contributed by atoms with E-state index >= 15 is 0 Å². The number of rotatable bonds is 2. The van der Waals surface area contributed by atoms with Crippen molar-refractivity contribution in [2.24, 2.45) is 0 Å². The van der Waals surface area contributed by atoms with E-state index in [1.807, 2.05) is 6.07 Å². The Balaban J connectivity index is 2.81. The molecule has 1 nitrogen and oxygen atoms in total. The van der Waals surface area contributed by atoms with Crippen LogP contribution in [-0.4, -0.2) is 11.4 Å². The first-order valence-corrected chi connectivity index (χ1v) is 7.29. The van der Waals surface area contributed by atoms with Crippen molar-refractivity contribution in [3.05, 3.63) is 26.6 Å². The normalized spacial score (nSPS) is 11.1. The van der Waals surface area contributed by atoms with Crippen molar-refractivity contribution < 1.29 is 5.11 Å². The third-order valence-corrected chi connectivity index (χ3v) is 5.22. The molecular weight excluding hydrogens is 327 g/mol. The average molecular weight is 336 g/mol. The molecule has 0 aliphatic rings. The highest BCUT2D eigenvalue weighted by atomic mass is 127. The summed E-state index contributed by atoms with van der Waals surface area (Å²) in [6.45, 7) is 0.127. The minimum atomic E-state index is 0.127. The number of benzene rings is 1. The van der Waals surface area contributed by atoms with E-state index in [-0.39, 0.29) is 6.61 Å². The largest absolute Gasteiger partial charge is 0.392 e. The Morgan fingerprint density at radius 1 is 1.50 bits per heavy atom. The number of thiophene rings is 1. The molecule has 0 aliphatic carbocycles. The molecule has 1 N–H and O–H groups in total. The smallest absolute Gasteiger partial charge is 0.0695 e. The van der Waals surface area contributed by atoms with Gasteiger partial charge in [0.25, 0.3) is 0 Å². The minimum Gasteiger partial charge on any atom is -0.392 e. The molecule has 0 amide bonds. The summed E-state index contributed by atoms with van der Waals surface area (Å²) in [5, 5.41) is 12.6. The number of hydrogen-bond donors (Lipinski definition) is 1. The summed E-state index contributed by atoms with van der Waals surface area (Å²) < 4.78 is 2.51. The standard InChI is InChI=1S/C10H9IOS2/c1-13-8-3-2-6(4-12)10-9(8)7(11)5-14-10/h2-3,5,12H,4H2,1H3. The monoisotopic (exact) mass is 336 g/mol. The fourth-order valence-electron chi connectivity index (χ4n) is 1.43. The van der Waals surface area contributed by atoms with Crippen LogP contribution < -0.4 is 0 Å². The summed E-state index contributed by atoms with van der Waals surface area (Å²) in [6.07, 6.45) is 2.08. The van der Waals surface area contributed by atoms with Crippen LogP contribution in [0.3, 0.4) is 0 Å². The molecule has 0 radical (unpaired) electrons. The maximum absolute atomic E-state index is 9.21. The lowest BCUT2D eigenvalue weighted by Crippen LogP contribution is -1.84. The minimum absolute atomic E-state index is 0.127. The van der Waals surface area contributed by atoms with E-state index < -0.39 is 0 Å². The van der Waals surface area contributed by atoms with E-state index in [1.54, 1.807) is 23.1 Å². The van der Waals surface area contributed by atoms with Crippen molar-refractivity contribution in [3.8, 4) is 0 Å². The number of aliphatic hydroxyl groups is 1. The van der Waals surface area contributed by atoms with Crippen LogP contribution >= 0.6 is 45.7 Å². The van der Waals surface area contributed by atoms with Gasteiger partial charge in [-0.25, -0.2) is 0 Å². The molecule has 0 aliphatic heterocycles. The van der Waals surface area contributed by atoms with Gasteiger partial charge in [-0.2, -0.15) is 0 Å². The molecule has 1 aromatic carbocycles. The van der Waals surface area contributed by atoms with Crippen molar-refractivity contribution in [3.63, 3.8) is 0 Å². The number of thioether (sulfide) groups is 1. The van der Waals surface area contributed by atoms with Crippen molar-refractivity contribution in [1.82, 2.24) is 0 Å². The fraction of sp³-hybridized carbons (Fsp3) is 0.200. The van der Waals surface area contributed by atoms with E-state index in [2.05, 4.69) is 40.3 Å². The van der Waals surface area contributed by atoms with Gasteiger partial charge in [-0.1, -0.05) is 6.07 Å². The molecule has 2 rings (SSSR count). The quantitative estimate of drug-likeness (QED) is 0.666. The molecule has 0 bridgehead atoms. The molecule has 2 aromatic rings. The SMILES string of the molecule is CSc1ccc(CO)c2scc(I)c12. The summed E-state index contributed by atoms with van der Waals surface area (Å²) in [4.78, 5) is 1.29. The Hall–Kier alpha value is 0.220. The van der Waals surface area contributed by atoms with Crippen LogP contribution in [0.15, 0.2) is 22.4 Å². The Kier molecular flexibility index (Phi) is 3.36. The first-order valence-electron chi connectivity index (χ1n) is 4.11. The van der Waals surface area contributed by atoms with Gasteiger partial charge in [-0.05, 0) is 40.5 Å². The van der Waals surface area contributed by atoms with E-state index in [4.69, 9.17) is 0 Å². The van der Waals surface area contributed by atoms with E-state index in [0.717, 1.165) is 5.56 Å². The molecule has 14 heavy (non-hydrogen) atoms. The van der Waals surface area contributed by atoms with Gasteiger partial charge in [0, 0.05) is 23.9 Å². The van der Waals surface area contributed by atoms with Crippen LogP contribution in [0.2, 0.25) is 0 Å². The predicted octanol–water partition coefficient (Wildman–Crippen LogP) is 3.72. The topological polar surface area (TPSA) is 20.2 Å². The van der Waals surface area contributed by atoms with Gasteiger partial charge < -0.3 is 5.11 Å². The second-order valence-corrected chi connectivity index (χ2v) is 5.76. The van der Waals surface area contributed by atoms with Crippen LogP contribution in [0.25, 0.3) is 10.1 Å². The summed E-state index contributed by atoms with van der Waals surface area (Å²) >= 11 is 5.82. The molecule has 0 fully saturated rings. The summed E-state index contributed by atoms with van der Waals surface area (Å²) in [5.74, 6) is 0. The Bertz CT molecular complexity index is 464. The van der Waals surface area contributed by atoms with Crippen LogP contribution in [0.1, 0.15) is 5.56 Å². The van der Waals surface area contributed by atoms with Gasteiger partial charge in [-0.3, -0.25) is 0 Å². The van der Waals surface area contributed by atoms with Gasteiger partial charge in [0.05, 0.1) is 6.61 Å². The highest BCUT2D eigenvalue weighted by molar-refractivity contribution is 14.1. The Morgan fingerprint density at radius 2 is 2.29 bits per heavy atom. The third-order valence-electron chi connectivity index (χ3n) is 2.11. The average Bonchev–Trinajstić information content (AvgIpc) is 2.60. The second kappa shape index (κ2) is 4.38. The molecule has 0 atom stereocenters. The lowest BCUT2D eigenvalue weighted by atomic mass is 10.2. The first kappa shape index (κ1) is 10.7. The van der Waals surface area contributed by atoms with Crippen LogP contribution in [0, 0.1) is 3.57 Å². The Morgan fingerprint density at radius 3 is 2.93 bits per heavy atom. The molecule has 1 heterocycles. The van der Waals surface area contributed by atoms with Gasteiger partial charge in [0.15, 0.2) is 0 Å². The van der Waals surface area contributed by atoms with Gasteiger partial charge in [0.1, 0.15) is 0 Å². The number of hydrogen-bond acceptors (Lipinski definition) is 3. The maximum atomic E-state index is 9.21. The first-order chi connectivity index (χ1) is 6.77. The van der Waals surface area contributed by atoms with Crippen molar-refractivity contribution in [2.75, 3.05) is 6.26 Å². The van der Waals surface area contributed by atoms with E-state index in [0.29, 0.717) is 0 Å².